The van der Waals surface area contributed by atoms with E-state index in [2.05, 4.69) is 5.32 Å². The lowest BCUT2D eigenvalue weighted by atomic mass is 9.85. The number of hydrogen-bond acceptors (Lipinski definition) is 2. The lowest BCUT2D eigenvalue weighted by Crippen LogP contribution is -2.51. The van der Waals surface area contributed by atoms with E-state index in [1.807, 2.05) is 24.3 Å². The molecule has 3 heteroatoms. The summed E-state index contributed by atoms with van der Waals surface area (Å²) in [5, 5.41) is 4.44. The third kappa shape index (κ3) is 2.75. The zero-order chi connectivity index (χ0) is 11.7. The molecule has 0 aromatic heterocycles. The molecule has 92 valence electrons. The van der Waals surface area contributed by atoms with E-state index in [9.17, 15) is 0 Å². The van der Waals surface area contributed by atoms with Crippen LogP contribution >= 0.6 is 11.6 Å². The fourth-order valence-electron chi connectivity index (χ4n) is 3.02. The second-order valence-electron chi connectivity index (χ2n) is 5.16. The van der Waals surface area contributed by atoms with Crippen molar-refractivity contribution in [3.63, 3.8) is 0 Å². The fraction of sp³-hybridized carbons (Fsp3) is 0.571. The van der Waals surface area contributed by atoms with Crippen LogP contribution in [0, 0.1) is 0 Å². The number of fused-ring (bicyclic) bond motifs is 2. The Morgan fingerprint density at radius 1 is 1.06 bits per heavy atom. The zero-order valence-corrected chi connectivity index (χ0v) is 10.6. The Kier molecular flexibility index (Phi) is 3.26. The van der Waals surface area contributed by atoms with Gasteiger partial charge in [-0.05, 0) is 49.9 Å². The molecule has 2 aliphatic heterocycles. The summed E-state index contributed by atoms with van der Waals surface area (Å²) in [6.45, 7) is 0. The summed E-state index contributed by atoms with van der Waals surface area (Å²) in [7, 11) is 0. The molecule has 0 amide bonds. The van der Waals surface area contributed by atoms with Gasteiger partial charge < -0.3 is 10.1 Å². The first-order valence-electron chi connectivity index (χ1n) is 6.48. The Labute approximate surface area is 107 Å². The zero-order valence-electron chi connectivity index (χ0n) is 9.86. The molecule has 17 heavy (non-hydrogen) atoms. The van der Waals surface area contributed by atoms with Crippen LogP contribution in [0.4, 0.5) is 0 Å². The number of halogens is 1. The van der Waals surface area contributed by atoms with Crippen LogP contribution in [-0.4, -0.2) is 18.2 Å². The smallest absolute Gasteiger partial charge is 0.119 e. The standard InChI is InChI=1S/C14H18ClNO/c15-10-4-6-13(7-5-10)17-14-8-11-2-1-3-12(9-14)16-11/h4-7,11-12,14,16H,1-3,8-9H2. The van der Waals surface area contributed by atoms with Crippen molar-refractivity contribution >= 4 is 11.6 Å². The number of hydrogen-bond donors (Lipinski definition) is 1. The number of piperidine rings is 2. The number of benzene rings is 1. The Morgan fingerprint density at radius 3 is 2.35 bits per heavy atom. The Balaban J connectivity index is 1.63. The Morgan fingerprint density at radius 2 is 1.71 bits per heavy atom. The van der Waals surface area contributed by atoms with Crippen molar-refractivity contribution in [3.8, 4) is 5.75 Å². The molecule has 2 heterocycles. The van der Waals surface area contributed by atoms with Crippen LogP contribution in [0.5, 0.6) is 5.75 Å². The van der Waals surface area contributed by atoms with Gasteiger partial charge in [0.05, 0.1) is 0 Å². The maximum atomic E-state index is 6.05. The number of ether oxygens (including phenoxy) is 1. The molecule has 1 N–H and O–H groups in total. The van der Waals surface area contributed by atoms with Crippen LogP contribution < -0.4 is 10.1 Å². The predicted molar refractivity (Wildman–Crippen MR) is 69.7 cm³/mol. The minimum atomic E-state index is 0.368. The van der Waals surface area contributed by atoms with Crippen LogP contribution in [0.25, 0.3) is 0 Å². The summed E-state index contributed by atoms with van der Waals surface area (Å²) in [6.07, 6.45) is 6.62. The highest BCUT2D eigenvalue weighted by Gasteiger charge is 2.32. The van der Waals surface area contributed by atoms with Crippen LogP contribution in [0.3, 0.4) is 0 Å². The summed E-state index contributed by atoms with van der Waals surface area (Å²) in [6, 6.07) is 9.03. The normalized spacial score (nSPS) is 32.2. The quantitative estimate of drug-likeness (QED) is 0.870. The third-order valence-corrected chi connectivity index (χ3v) is 4.04. The van der Waals surface area contributed by atoms with Gasteiger partial charge in [-0.15, -0.1) is 0 Å². The number of nitrogens with one attached hydrogen (secondary N) is 1. The van der Waals surface area contributed by atoms with E-state index in [-0.39, 0.29) is 0 Å². The second-order valence-corrected chi connectivity index (χ2v) is 5.59. The largest absolute Gasteiger partial charge is 0.490 e. The van der Waals surface area contributed by atoms with Crippen LogP contribution in [0.15, 0.2) is 24.3 Å². The minimum Gasteiger partial charge on any atom is -0.490 e. The molecule has 0 radical (unpaired) electrons. The van der Waals surface area contributed by atoms with Gasteiger partial charge in [0.25, 0.3) is 0 Å². The molecule has 0 spiro atoms. The average Bonchev–Trinajstić information content (AvgIpc) is 2.32. The van der Waals surface area contributed by atoms with E-state index >= 15 is 0 Å². The van der Waals surface area contributed by atoms with Gasteiger partial charge in [-0.1, -0.05) is 18.0 Å². The van der Waals surface area contributed by atoms with E-state index in [0.717, 1.165) is 23.6 Å². The van der Waals surface area contributed by atoms with Crippen molar-refractivity contribution in [3.05, 3.63) is 29.3 Å². The third-order valence-electron chi connectivity index (χ3n) is 3.79. The Bertz CT molecular complexity index is 366. The van der Waals surface area contributed by atoms with Gasteiger partial charge in [-0.2, -0.15) is 0 Å². The van der Waals surface area contributed by atoms with Gasteiger partial charge >= 0.3 is 0 Å². The topological polar surface area (TPSA) is 21.3 Å². The molecule has 2 aliphatic rings. The lowest BCUT2D eigenvalue weighted by Gasteiger charge is -2.40. The molecule has 2 unspecified atom stereocenters. The molecule has 2 bridgehead atoms. The molecule has 1 aromatic carbocycles. The molecule has 0 aliphatic carbocycles. The minimum absolute atomic E-state index is 0.368. The summed E-state index contributed by atoms with van der Waals surface area (Å²) in [4.78, 5) is 0. The van der Waals surface area contributed by atoms with E-state index in [0.29, 0.717) is 18.2 Å². The molecule has 1 aromatic rings. The van der Waals surface area contributed by atoms with Gasteiger partial charge in [0.15, 0.2) is 0 Å². The molecular formula is C14H18ClNO. The van der Waals surface area contributed by atoms with Crippen LogP contribution in [-0.2, 0) is 0 Å². The predicted octanol–water partition coefficient (Wildman–Crippen LogP) is 3.39. The summed E-state index contributed by atoms with van der Waals surface area (Å²) < 4.78 is 6.05. The molecular weight excluding hydrogens is 234 g/mol. The molecule has 3 rings (SSSR count). The van der Waals surface area contributed by atoms with Crippen molar-refractivity contribution < 1.29 is 4.74 Å². The van der Waals surface area contributed by atoms with Gasteiger partial charge in [-0.3, -0.25) is 0 Å². The van der Waals surface area contributed by atoms with Gasteiger partial charge in [-0.25, -0.2) is 0 Å². The maximum absolute atomic E-state index is 6.05. The highest BCUT2D eigenvalue weighted by molar-refractivity contribution is 6.30. The molecule has 2 nitrogen and oxygen atoms in total. The van der Waals surface area contributed by atoms with Crippen molar-refractivity contribution in [1.29, 1.82) is 0 Å². The van der Waals surface area contributed by atoms with E-state index in [1.54, 1.807) is 0 Å². The molecule has 2 atom stereocenters. The molecule has 2 saturated heterocycles. The van der Waals surface area contributed by atoms with Crippen molar-refractivity contribution in [2.24, 2.45) is 0 Å². The van der Waals surface area contributed by atoms with Gasteiger partial charge in [0, 0.05) is 17.1 Å². The SMILES string of the molecule is Clc1ccc(OC2CC3CCCC(C2)N3)cc1. The van der Waals surface area contributed by atoms with Crippen molar-refractivity contribution in [2.45, 2.75) is 50.3 Å². The van der Waals surface area contributed by atoms with Crippen molar-refractivity contribution in [1.82, 2.24) is 5.32 Å². The molecule has 0 saturated carbocycles. The van der Waals surface area contributed by atoms with Gasteiger partial charge in [0.2, 0.25) is 0 Å². The van der Waals surface area contributed by atoms with E-state index in [4.69, 9.17) is 16.3 Å². The summed E-state index contributed by atoms with van der Waals surface area (Å²) in [5.74, 6) is 0.944. The maximum Gasteiger partial charge on any atom is 0.119 e. The first kappa shape index (κ1) is 11.4. The van der Waals surface area contributed by atoms with E-state index < -0.39 is 0 Å². The van der Waals surface area contributed by atoms with Crippen LogP contribution in [0.1, 0.15) is 32.1 Å². The average molecular weight is 252 g/mol. The first-order valence-corrected chi connectivity index (χ1v) is 6.85. The van der Waals surface area contributed by atoms with E-state index in [1.165, 1.54) is 19.3 Å². The second kappa shape index (κ2) is 4.87. The first-order chi connectivity index (χ1) is 8.29. The molecule has 2 fully saturated rings. The highest BCUT2D eigenvalue weighted by Crippen LogP contribution is 2.28. The van der Waals surface area contributed by atoms with Gasteiger partial charge in [0.1, 0.15) is 11.9 Å². The monoisotopic (exact) mass is 251 g/mol. The lowest BCUT2D eigenvalue weighted by molar-refractivity contribution is 0.0927. The number of rotatable bonds is 2. The van der Waals surface area contributed by atoms with Crippen LogP contribution in [0.2, 0.25) is 5.02 Å². The highest BCUT2D eigenvalue weighted by atomic mass is 35.5. The summed E-state index contributed by atoms with van der Waals surface area (Å²) in [5.41, 5.74) is 0. The van der Waals surface area contributed by atoms with Crippen molar-refractivity contribution in [2.75, 3.05) is 0 Å². The Hall–Kier alpha value is -0.730. The summed E-state index contributed by atoms with van der Waals surface area (Å²) >= 11 is 5.87. The fourth-order valence-corrected chi connectivity index (χ4v) is 3.14.